The van der Waals surface area contributed by atoms with E-state index in [-0.39, 0.29) is 6.04 Å². The van der Waals surface area contributed by atoms with Crippen LogP contribution in [-0.2, 0) is 4.79 Å². The van der Waals surface area contributed by atoms with Crippen LogP contribution in [0, 0.1) is 0 Å². The lowest BCUT2D eigenvalue weighted by Crippen LogP contribution is -2.50. The van der Waals surface area contributed by atoms with Gasteiger partial charge in [0.05, 0.1) is 6.04 Å². The molecule has 2 fully saturated rings. The van der Waals surface area contributed by atoms with Crippen molar-refractivity contribution in [2.45, 2.75) is 58.0 Å². The summed E-state index contributed by atoms with van der Waals surface area (Å²) < 4.78 is 0. The van der Waals surface area contributed by atoms with E-state index in [1.54, 1.807) is 6.92 Å². The van der Waals surface area contributed by atoms with Crippen molar-refractivity contribution < 1.29 is 4.79 Å². The smallest absolute Gasteiger partial charge is 0.146 e. The predicted octanol–water partition coefficient (Wildman–Crippen LogP) is 1.91. The van der Waals surface area contributed by atoms with Crippen LogP contribution in [-0.4, -0.2) is 53.8 Å². The molecule has 0 aromatic carbocycles. The molecule has 0 aromatic rings. The van der Waals surface area contributed by atoms with E-state index in [9.17, 15) is 4.79 Å². The largest absolute Gasteiger partial charge is 0.300 e. The third kappa shape index (κ3) is 3.29. The van der Waals surface area contributed by atoms with E-state index in [0.717, 1.165) is 19.1 Å². The van der Waals surface area contributed by atoms with E-state index in [2.05, 4.69) is 9.80 Å². The highest BCUT2D eigenvalue weighted by Crippen LogP contribution is 2.21. The second-order valence-electron chi connectivity index (χ2n) is 5.65. The normalized spacial score (nSPS) is 26.9. The Morgan fingerprint density at radius 1 is 1.06 bits per heavy atom. The fourth-order valence-electron chi connectivity index (χ4n) is 3.18. The quantitative estimate of drug-likeness (QED) is 0.750. The molecule has 3 heteroatoms. The zero-order chi connectivity index (χ0) is 12.3. The lowest BCUT2D eigenvalue weighted by molar-refractivity contribution is -0.122. The van der Waals surface area contributed by atoms with Crippen molar-refractivity contribution in [1.29, 1.82) is 0 Å². The summed E-state index contributed by atoms with van der Waals surface area (Å²) in [5, 5.41) is 0. The second kappa shape index (κ2) is 5.96. The van der Waals surface area contributed by atoms with Crippen LogP contribution in [0.1, 0.15) is 46.0 Å². The van der Waals surface area contributed by atoms with Crippen LogP contribution in [0.15, 0.2) is 0 Å². The lowest BCUT2D eigenvalue weighted by Gasteiger charge is -2.41. The molecule has 17 heavy (non-hydrogen) atoms. The van der Waals surface area contributed by atoms with Crippen LogP contribution in [0.2, 0.25) is 0 Å². The molecule has 98 valence electrons. The molecule has 1 unspecified atom stereocenters. The average molecular weight is 238 g/mol. The van der Waals surface area contributed by atoms with Gasteiger partial charge in [-0.2, -0.15) is 0 Å². The van der Waals surface area contributed by atoms with Crippen molar-refractivity contribution in [2.24, 2.45) is 0 Å². The maximum absolute atomic E-state index is 11.4. The summed E-state index contributed by atoms with van der Waals surface area (Å²) in [6, 6.07) is 0.906. The molecule has 2 aliphatic heterocycles. The summed E-state index contributed by atoms with van der Waals surface area (Å²) in [5.74, 6) is 0.307. The van der Waals surface area contributed by atoms with E-state index in [1.165, 1.54) is 45.2 Å². The first kappa shape index (κ1) is 13.0. The van der Waals surface area contributed by atoms with E-state index in [1.807, 2.05) is 6.92 Å². The Hall–Kier alpha value is -0.410. The highest BCUT2D eigenvalue weighted by Gasteiger charge is 2.28. The third-order valence-corrected chi connectivity index (χ3v) is 4.54. The van der Waals surface area contributed by atoms with E-state index in [4.69, 9.17) is 0 Å². The van der Waals surface area contributed by atoms with Crippen LogP contribution < -0.4 is 0 Å². The van der Waals surface area contributed by atoms with Crippen LogP contribution in [0.4, 0.5) is 0 Å². The van der Waals surface area contributed by atoms with Gasteiger partial charge in [0.1, 0.15) is 5.78 Å². The van der Waals surface area contributed by atoms with Gasteiger partial charge in [-0.05, 0) is 52.6 Å². The molecule has 0 radical (unpaired) electrons. The number of carbonyl (C=O) groups excluding carboxylic acids is 1. The molecule has 2 aliphatic rings. The third-order valence-electron chi connectivity index (χ3n) is 4.54. The number of ketones is 1. The summed E-state index contributed by atoms with van der Waals surface area (Å²) >= 11 is 0. The fraction of sp³-hybridized carbons (Fsp3) is 0.929. The molecular weight excluding hydrogens is 212 g/mol. The molecule has 0 N–H and O–H groups in total. The highest BCUT2D eigenvalue weighted by atomic mass is 16.1. The standard InChI is InChI=1S/C14H26N2O/c1-12(13(2)17)15-10-6-14(7-11-15)16-8-4-3-5-9-16/h12,14H,3-11H2,1-2H3. The molecule has 2 heterocycles. The van der Waals surface area contributed by atoms with Crippen molar-refractivity contribution in [3.05, 3.63) is 0 Å². The number of hydrogen-bond donors (Lipinski definition) is 0. The number of Topliss-reactive ketones (excluding diaryl/α,β-unsaturated/α-hetero) is 1. The molecule has 3 nitrogen and oxygen atoms in total. The number of carbonyl (C=O) groups is 1. The monoisotopic (exact) mass is 238 g/mol. The Bertz CT molecular complexity index is 253. The molecule has 2 saturated heterocycles. The molecule has 1 atom stereocenters. The fourth-order valence-corrected chi connectivity index (χ4v) is 3.18. The summed E-state index contributed by atoms with van der Waals surface area (Å²) in [6.45, 7) is 8.55. The first-order valence-corrected chi connectivity index (χ1v) is 7.17. The van der Waals surface area contributed by atoms with Crippen molar-refractivity contribution in [3.8, 4) is 0 Å². The van der Waals surface area contributed by atoms with Crippen molar-refractivity contribution in [2.75, 3.05) is 26.2 Å². The molecule has 0 aliphatic carbocycles. The number of hydrogen-bond acceptors (Lipinski definition) is 3. The first-order valence-electron chi connectivity index (χ1n) is 7.17. The molecule has 0 amide bonds. The molecule has 2 rings (SSSR count). The first-order chi connectivity index (χ1) is 8.18. The minimum absolute atomic E-state index is 0.123. The second-order valence-corrected chi connectivity index (χ2v) is 5.65. The minimum Gasteiger partial charge on any atom is -0.300 e. The summed E-state index contributed by atoms with van der Waals surface area (Å²) in [7, 11) is 0. The van der Waals surface area contributed by atoms with Gasteiger partial charge in [-0.25, -0.2) is 0 Å². The van der Waals surface area contributed by atoms with Gasteiger partial charge >= 0.3 is 0 Å². The molecular formula is C14H26N2O. The van der Waals surface area contributed by atoms with Gasteiger partial charge < -0.3 is 4.90 Å². The van der Waals surface area contributed by atoms with Gasteiger partial charge in [-0.1, -0.05) is 6.42 Å². The van der Waals surface area contributed by atoms with Crippen molar-refractivity contribution in [1.82, 2.24) is 9.80 Å². The van der Waals surface area contributed by atoms with Gasteiger partial charge in [0.15, 0.2) is 0 Å². The van der Waals surface area contributed by atoms with Gasteiger partial charge in [0.25, 0.3) is 0 Å². The number of nitrogens with zero attached hydrogens (tertiary/aromatic N) is 2. The van der Waals surface area contributed by atoms with Crippen molar-refractivity contribution in [3.63, 3.8) is 0 Å². The summed E-state index contributed by atoms with van der Waals surface area (Å²) in [4.78, 5) is 16.4. The van der Waals surface area contributed by atoms with Crippen LogP contribution >= 0.6 is 0 Å². The summed E-state index contributed by atoms with van der Waals surface area (Å²) in [6.07, 6.45) is 6.67. The Morgan fingerprint density at radius 3 is 2.18 bits per heavy atom. The average Bonchev–Trinajstić information content (AvgIpc) is 2.39. The van der Waals surface area contributed by atoms with Gasteiger partial charge in [-0.15, -0.1) is 0 Å². The molecule has 0 aromatic heterocycles. The zero-order valence-corrected chi connectivity index (χ0v) is 11.3. The van der Waals surface area contributed by atoms with Crippen LogP contribution in [0.25, 0.3) is 0 Å². The van der Waals surface area contributed by atoms with Gasteiger partial charge in [0, 0.05) is 19.1 Å². The number of piperidine rings is 2. The van der Waals surface area contributed by atoms with Gasteiger partial charge in [0.2, 0.25) is 0 Å². The zero-order valence-electron chi connectivity index (χ0n) is 11.3. The highest BCUT2D eigenvalue weighted by molar-refractivity contribution is 5.80. The molecule has 0 bridgehead atoms. The number of rotatable bonds is 3. The Balaban J connectivity index is 1.79. The Labute approximate surface area is 105 Å². The van der Waals surface area contributed by atoms with E-state index >= 15 is 0 Å². The van der Waals surface area contributed by atoms with E-state index in [0.29, 0.717) is 5.78 Å². The lowest BCUT2D eigenvalue weighted by atomic mass is 9.98. The van der Waals surface area contributed by atoms with Crippen LogP contribution in [0.5, 0.6) is 0 Å². The Morgan fingerprint density at radius 2 is 1.65 bits per heavy atom. The summed E-state index contributed by atoms with van der Waals surface area (Å²) in [5.41, 5.74) is 0. The number of likely N-dealkylation sites (tertiary alicyclic amines) is 2. The van der Waals surface area contributed by atoms with Gasteiger partial charge in [-0.3, -0.25) is 9.69 Å². The predicted molar refractivity (Wildman–Crippen MR) is 70.2 cm³/mol. The van der Waals surface area contributed by atoms with E-state index < -0.39 is 0 Å². The van der Waals surface area contributed by atoms with Crippen molar-refractivity contribution >= 4 is 5.78 Å². The maximum Gasteiger partial charge on any atom is 0.146 e. The Kier molecular flexibility index (Phi) is 4.57. The molecule has 0 spiro atoms. The molecule has 0 saturated carbocycles. The maximum atomic E-state index is 11.4. The van der Waals surface area contributed by atoms with Crippen LogP contribution in [0.3, 0.4) is 0 Å². The topological polar surface area (TPSA) is 23.6 Å². The minimum atomic E-state index is 0.123. The SMILES string of the molecule is CC(=O)C(C)N1CCC(N2CCCCC2)CC1.